The molecule has 0 amide bonds. The second kappa shape index (κ2) is 6.85. The normalized spacial score (nSPS) is 10.4. The summed E-state index contributed by atoms with van der Waals surface area (Å²) in [4.78, 5) is 10.7. The van der Waals surface area contributed by atoms with Gasteiger partial charge in [-0.05, 0) is 35.4 Å². The van der Waals surface area contributed by atoms with Crippen molar-refractivity contribution in [2.75, 3.05) is 7.11 Å². The van der Waals surface area contributed by atoms with E-state index in [0.717, 1.165) is 11.3 Å². The number of rotatable bonds is 6. The molecule has 2 aromatic carbocycles. The Balaban J connectivity index is 1.94. The topological polar surface area (TPSA) is 55.8 Å². The van der Waals surface area contributed by atoms with Crippen molar-refractivity contribution in [2.45, 2.75) is 13.2 Å². The third-order valence-corrected chi connectivity index (χ3v) is 2.94. The van der Waals surface area contributed by atoms with Crippen molar-refractivity contribution in [3.05, 3.63) is 65.0 Å². The number of aromatic carboxylic acids is 1. The molecule has 0 aliphatic rings. The molecule has 0 radical (unpaired) electrons. The number of carbonyl (C=O) groups is 1. The molecule has 1 N–H and O–H groups in total. The van der Waals surface area contributed by atoms with Crippen LogP contribution >= 0.6 is 0 Å². The van der Waals surface area contributed by atoms with Gasteiger partial charge in [0.1, 0.15) is 11.6 Å². The summed E-state index contributed by atoms with van der Waals surface area (Å²) in [5.74, 6) is -1.30. The highest BCUT2D eigenvalue weighted by Crippen LogP contribution is 2.15. The van der Waals surface area contributed by atoms with Gasteiger partial charge in [0.25, 0.3) is 0 Å². The van der Waals surface area contributed by atoms with E-state index in [1.54, 1.807) is 7.11 Å². The van der Waals surface area contributed by atoms with E-state index in [1.165, 1.54) is 18.2 Å². The lowest BCUT2D eigenvalue weighted by molar-refractivity contribution is 0.0691. The quantitative estimate of drug-likeness (QED) is 0.887. The minimum Gasteiger partial charge on any atom is -0.497 e. The van der Waals surface area contributed by atoms with Crippen LogP contribution in [0.5, 0.6) is 5.75 Å². The third kappa shape index (κ3) is 4.03. The molecule has 0 unspecified atom stereocenters. The Morgan fingerprint density at radius 2 is 1.86 bits per heavy atom. The highest BCUT2D eigenvalue weighted by atomic mass is 19.1. The van der Waals surface area contributed by atoms with Crippen LogP contribution in [0.15, 0.2) is 42.5 Å². The number of carboxylic acid groups (broad SMARTS) is 1. The predicted molar refractivity (Wildman–Crippen MR) is 74.8 cm³/mol. The molecule has 2 aromatic rings. The number of halogens is 1. The van der Waals surface area contributed by atoms with Crippen LogP contribution in [0.4, 0.5) is 4.39 Å². The summed E-state index contributed by atoms with van der Waals surface area (Å²) in [7, 11) is 1.59. The predicted octanol–water partition coefficient (Wildman–Crippen LogP) is 3.25. The Labute approximate surface area is 121 Å². The Kier molecular flexibility index (Phi) is 4.90. The Hall–Kier alpha value is -2.40. The van der Waals surface area contributed by atoms with Crippen molar-refractivity contribution in [1.29, 1.82) is 0 Å². The number of hydrogen-bond donors (Lipinski definition) is 1. The van der Waals surface area contributed by atoms with Crippen LogP contribution in [-0.2, 0) is 18.0 Å². The number of methoxy groups -OCH3 is 1. The lowest BCUT2D eigenvalue weighted by Crippen LogP contribution is -2.02. The van der Waals surface area contributed by atoms with Gasteiger partial charge in [0.2, 0.25) is 0 Å². The molecular weight excluding hydrogens is 275 g/mol. The summed E-state index contributed by atoms with van der Waals surface area (Å²) >= 11 is 0. The van der Waals surface area contributed by atoms with Crippen LogP contribution in [0.2, 0.25) is 0 Å². The van der Waals surface area contributed by atoms with Gasteiger partial charge in [0, 0.05) is 0 Å². The first kappa shape index (κ1) is 15.0. The van der Waals surface area contributed by atoms with E-state index in [9.17, 15) is 9.18 Å². The fourth-order valence-corrected chi connectivity index (χ4v) is 1.87. The molecule has 0 spiro atoms. The Morgan fingerprint density at radius 3 is 2.48 bits per heavy atom. The van der Waals surface area contributed by atoms with Crippen molar-refractivity contribution < 1.29 is 23.8 Å². The SMILES string of the molecule is COc1cccc(COCc2ccc(C(=O)O)c(F)c2)c1. The molecule has 4 nitrogen and oxygen atoms in total. The maximum absolute atomic E-state index is 13.5. The zero-order valence-electron chi connectivity index (χ0n) is 11.5. The van der Waals surface area contributed by atoms with E-state index in [2.05, 4.69) is 0 Å². The van der Waals surface area contributed by atoms with Crippen molar-refractivity contribution in [3.8, 4) is 5.75 Å². The molecule has 0 fully saturated rings. The van der Waals surface area contributed by atoms with E-state index < -0.39 is 11.8 Å². The molecule has 0 saturated heterocycles. The largest absolute Gasteiger partial charge is 0.497 e. The maximum Gasteiger partial charge on any atom is 0.338 e. The van der Waals surface area contributed by atoms with Crippen LogP contribution in [0.3, 0.4) is 0 Å². The van der Waals surface area contributed by atoms with Crippen LogP contribution in [-0.4, -0.2) is 18.2 Å². The zero-order valence-corrected chi connectivity index (χ0v) is 11.5. The van der Waals surface area contributed by atoms with Crippen molar-refractivity contribution in [3.63, 3.8) is 0 Å². The van der Waals surface area contributed by atoms with Gasteiger partial charge in [-0.2, -0.15) is 0 Å². The molecule has 0 bridgehead atoms. The number of ether oxygens (including phenoxy) is 2. The summed E-state index contributed by atoms with van der Waals surface area (Å²) in [5.41, 5.74) is 1.18. The lowest BCUT2D eigenvalue weighted by atomic mass is 10.1. The molecular formula is C16H15FO4. The van der Waals surface area contributed by atoms with Gasteiger partial charge >= 0.3 is 5.97 Å². The highest BCUT2D eigenvalue weighted by Gasteiger charge is 2.10. The lowest BCUT2D eigenvalue weighted by Gasteiger charge is -2.07. The highest BCUT2D eigenvalue weighted by molar-refractivity contribution is 5.87. The minimum atomic E-state index is -1.28. The fraction of sp³-hybridized carbons (Fsp3) is 0.188. The molecule has 5 heteroatoms. The molecule has 0 aromatic heterocycles. The second-order valence-electron chi connectivity index (χ2n) is 4.46. The van der Waals surface area contributed by atoms with E-state index in [0.29, 0.717) is 12.2 Å². The smallest absolute Gasteiger partial charge is 0.338 e. The van der Waals surface area contributed by atoms with Crippen molar-refractivity contribution in [2.24, 2.45) is 0 Å². The average molecular weight is 290 g/mol. The Bertz CT molecular complexity index is 640. The monoisotopic (exact) mass is 290 g/mol. The fourth-order valence-electron chi connectivity index (χ4n) is 1.87. The van der Waals surface area contributed by atoms with Gasteiger partial charge in [0.05, 0.1) is 25.9 Å². The summed E-state index contributed by atoms with van der Waals surface area (Å²) in [6.45, 7) is 0.563. The summed E-state index contributed by atoms with van der Waals surface area (Å²) in [5, 5.41) is 8.75. The van der Waals surface area contributed by atoms with E-state index >= 15 is 0 Å². The van der Waals surface area contributed by atoms with E-state index in [1.807, 2.05) is 24.3 Å². The van der Waals surface area contributed by atoms with Crippen molar-refractivity contribution >= 4 is 5.97 Å². The number of benzene rings is 2. The molecule has 0 atom stereocenters. The molecule has 0 aliphatic carbocycles. The molecule has 0 heterocycles. The van der Waals surface area contributed by atoms with Gasteiger partial charge in [-0.15, -0.1) is 0 Å². The third-order valence-electron chi connectivity index (χ3n) is 2.94. The van der Waals surface area contributed by atoms with Gasteiger partial charge in [-0.3, -0.25) is 0 Å². The first-order chi connectivity index (χ1) is 10.1. The van der Waals surface area contributed by atoms with Crippen LogP contribution in [0.1, 0.15) is 21.5 Å². The zero-order chi connectivity index (χ0) is 15.2. The van der Waals surface area contributed by atoms with Gasteiger partial charge in [-0.25, -0.2) is 9.18 Å². The van der Waals surface area contributed by atoms with Gasteiger partial charge < -0.3 is 14.6 Å². The molecule has 2 rings (SSSR count). The molecule has 0 saturated carbocycles. The maximum atomic E-state index is 13.5. The van der Waals surface area contributed by atoms with E-state index in [-0.39, 0.29) is 12.2 Å². The summed E-state index contributed by atoms with van der Waals surface area (Å²) in [6, 6.07) is 11.4. The number of carboxylic acids is 1. The van der Waals surface area contributed by atoms with Crippen LogP contribution in [0.25, 0.3) is 0 Å². The first-order valence-corrected chi connectivity index (χ1v) is 6.32. The second-order valence-corrected chi connectivity index (χ2v) is 4.46. The Morgan fingerprint density at radius 1 is 1.14 bits per heavy atom. The van der Waals surface area contributed by atoms with Crippen LogP contribution < -0.4 is 4.74 Å². The average Bonchev–Trinajstić information content (AvgIpc) is 2.47. The van der Waals surface area contributed by atoms with Gasteiger partial charge in [0.15, 0.2) is 0 Å². The summed E-state index contributed by atoms with van der Waals surface area (Å²) < 4.78 is 24.1. The van der Waals surface area contributed by atoms with E-state index in [4.69, 9.17) is 14.6 Å². The molecule has 21 heavy (non-hydrogen) atoms. The minimum absolute atomic E-state index is 0.202. The van der Waals surface area contributed by atoms with Crippen LogP contribution in [0, 0.1) is 5.82 Å². The standard InChI is InChI=1S/C16H15FO4/c1-20-13-4-2-3-11(7-13)9-21-10-12-5-6-14(16(18)19)15(17)8-12/h2-8H,9-10H2,1H3,(H,18,19). The first-order valence-electron chi connectivity index (χ1n) is 6.32. The van der Waals surface area contributed by atoms with Gasteiger partial charge in [-0.1, -0.05) is 18.2 Å². The number of hydrogen-bond acceptors (Lipinski definition) is 3. The van der Waals surface area contributed by atoms with Crippen molar-refractivity contribution in [1.82, 2.24) is 0 Å². The molecule has 110 valence electrons. The molecule has 0 aliphatic heterocycles. The summed E-state index contributed by atoms with van der Waals surface area (Å²) in [6.07, 6.45) is 0.